The third-order valence-corrected chi connectivity index (χ3v) is 2.37. The Bertz CT molecular complexity index is 430. The number of rotatable bonds is 6. The molecule has 0 saturated heterocycles. The van der Waals surface area contributed by atoms with Crippen molar-refractivity contribution in [1.29, 1.82) is 0 Å². The number of nitrogens with zero attached hydrogens (tertiary/aromatic N) is 1. The van der Waals surface area contributed by atoms with Crippen molar-refractivity contribution < 1.29 is 14.7 Å². The first kappa shape index (κ1) is 14.0. The summed E-state index contributed by atoms with van der Waals surface area (Å²) >= 11 is 0. The van der Waals surface area contributed by atoms with Gasteiger partial charge in [0.15, 0.2) is 0 Å². The first-order valence-corrected chi connectivity index (χ1v) is 5.86. The summed E-state index contributed by atoms with van der Waals surface area (Å²) in [5.74, 6) is 0.626. The fourth-order valence-electron chi connectivity index (χ4n) is 1.42. The minimum absolute atomic E-state index is 0.0262. The van der Waals surface area contributed by atoms with Crippen LogP contribution in [0.1, 0.15) is 25.8 Å². The topological polar surface area (TPSA) is 70.9 Å². The number of oxime groups is 1. The summed E-state index contributed by atoms with van der Waals surface area (Å²) < 4.78 is 5.46. The molecule has 1 amide bonds. The molecule has 1 aromatic carbocycles. The van der Waals surface area contributed by atoms with E-state index in [1.165, 1.54) is 0 Å². The predicted molar refractivity (Wildman–Crippen MR) is 69.2 cm³/mol. The number of hydrogen-bond acceptors (Lipinski definition) is 4. The zero-order chi connectivity index (χ0) is 13.4. The lowest BCUT2D eigenvalue weighted by molar-refractivity contribution is -0.121. The molecule has 1 rings (SSSR count). The maximum atomic E-state index is 11.2. The molecule has 98 valence electrons. The Morgan fingerprint density at radius 1 is 1.50 bits per heavy atom. The molecule has 0 saturated carbocycles. The zero-order valence-corrected chi connectivity index (χ0v) is 10.6. The van der Waals surface area contributed by atoms with E-state index in [4.69, 9.17) is 9.94 Å². The molecule has 0 heterocycles. The smallest absolute Gasteiger partial charge is 0.223 e. The number of carbonyl (C=O) groups is 1. The van der Waals surface area contributed by atoms with E-state index in [9.17, 15) is 4.79 Å². The quantitative estimate of drug-likeness (QED) is 0.459. The van der Waals surface area contributed by atoms with Gasteiger partial charge in [0.05, 0.1) is 18.7 Å². The predicted octanol–water partition coefficient (Wildman–Crippen LogP) is 1.79. The van der Waals surface area contributed by atoms with Crippen LogP contribution in [0.15, 0.2) is 29.4 Å². The Morgan fingerprint density at radius 3 is 2.94 bits per heavy atom. The van der Waals surface area contributed by atoms with Gasteiger partial charge in [0, 0.05) is 12.1 Å². The summed E-state index contributed by atoms with van der Waals surface area (Å²) in [6.07, 6.45) is 0.325. The summed E-state index contributed by atoms with van der Waals surface area (Å²) in [6.45, 7) is 4.53. The van der Waals surface area contributed by atoms with Gasteiger partial charge in [-0.05, 0) is 26.0 Å². The van der Waals surface area contributed by atoms with Gasteiger partial charge in [-0.2, -0.15) is 0 Å². The molecule has 0 aromatic heterocycles. The molecule has 0 spiro atoms. The van der Waals surface area contributed by atoms with E-state index in [1.54, 1.807) is 19.1 Å². The summed E-state index contributed by atoms with van der Waals surface area (Å²) in [5.41, 5.74) is 1.30. The molecule has 0 aliphatic heterocycles. The zero-order valence-electron chi connectivity index (χ0n) is 10.6. The molecule has 0 aliphatic rings. The van der Waals surface area contributed by atoms with Crippen molar-refractivity contribution in [2.75, 3.05) is 13.2 Å². The van der Waals surface area contributed by atoms with Crippen LogP contribution in [0.3, 0.4) is 0 Å². The van der Waals surface area contributed by atoms with Crippen molar-refractivity contribution in [3.63, 3.8) is 0 Å². The van der Waals surface area contributed by atoms with Gasteiger partial charge in [0.25, 0.3) is 0 Å². The second-order valence-corrected chi connectivity index (χ2v) is 3.77. The Labute approximate surface area is 106 Å². The van der Waals surface area contributed by atoms with E-state index in [1.807, 2.05) is 19.1 Å². The average Bonchev–Trinajstić information content (AvgIpc) is 2.38. The van der Waals surface area contributed by atoms with Crippen LogP contribution in [-0.2, 0) is 4.79 Å². The largest absolute Gasteiger partial charge is 0.493 e. The number of amides is 1. The van der Waals surface area contributed by atoms with Gasteiger partial charge in [-0.15, -0.1) is 0 Å². The first-order chi connectivity index (χ1) is 8.67. The highest BCUT2D eigenvalue weighted by atomic mass is 16.5. The summed E-state index contributed by atoms with van der Waals surface area (Å²) in [4.78, 5) is 11.2. The van der Waals surface area contributed by atoms with E-state index in [-0.39, 0.29) is 5.91 Å². The Hall–Kier alpha value is -2.04. The van der Waals surface area contributed by atoms with Gasteiger partial charge in [-0.1, -0.05) is 17.3 Å². The van der Waals surface area contributed by atoms with E-state index in [0.717, 1.165) is 5.56 Å². The van der Waals surface area contributed by atoms with Crippen LogP contribution in [0.25, 0.3) is 0 Å². The Morgan fingerprint density at radius 2 is 2.28 bits per heavy atom. The molecule has 2 N–H and O–H groups in total. The highest BCUT2D eigenvalue weighted by molar-refractivity contribution is 5.98. The third-order valence-electron chi connectivity index (χ3n) is 2.37. The molecule has 5 nitrogen and oxygen atoms in total. The van der Waals surface area contributed by atoms with Crippen molar-refractivity contribution in [3.8, 4) is 5.75 Å². The fourth-order valence-corrected chi connectivity index (χ4v) is 1.42. The minimum atomic E-state index is -0.0262. The van der Waals surface area contributed by atoms with Crippen LogP contribution in [0.2, 0.25) is 0 Å². The summed E-state index contributed by atoms with van der Waals surface area (Å²) in [6, 6.07) is 7.20. The number of benzene rings is 1. The lowest BCUT2D eigenvalue weighted by Gasteiger charge is -2.07. The Kier molecular flexibility index (Phi) is 5.70. The normalized spacial score (nSPS) is 11.1. The van der Waals surface area contributed by atoms with Crippen LogP contribution in [0, 0.1) is 0 Å². The maximum absolute atomic E-state index is 11.2. The van der Waals surface area contributed by atoms with Crippen molar-refractivity contribution in [2.24, 2.45) is 5.16 Å². The second-order valence-electron chi connectivity index (χ2n) is 3.77. The molecule has 0 aliphatic carbocycles. The third kappa shape index (κ3) is 4.45. The highest BCUT2D eigenvalue weighted by Crippen LogP contribution is 2.14. The van der Waals surface area contributed by atoms with Gasteiger partial charge in [-0.25, -0.2) is 0 Å². The van der Waals surface area contributed by atoms with Crippen molar-refractivity contribution >= 4 is 11.6 Å². The van der Waals surface area contributed by atoms with E-state index < -0.39 is 0 Å². The van der Waals surface area contributed by atoms with Crippen LogP contribution in [0.4, 0.5) is 0 Å². The highest BCUT2D eigenvalue weighted by Gasteiger charge is 2.02. The van der Waals surface area contributed by atoms with Crippen molar-refractivity contribution in [2.45, 2.75) is 20.3 Å². The van der Waals surface area contributed by atoms with Crippen LogP contribution in [-0.4, -0.2) is 30.0 Å². The van der Waals surface area contributed by atoms with E-state index in [0.29, 0.717) is 31.0 Å². The molecule has 5 heteroatoms. The molecule has 1 aromatic rings. The molecule has 18 heavy (non-hydrogen) atoms. The summed E-state index contributed by atoms with van der Waals surface area (Å²) in [7, 11) is 0. The van der Waals surface area contributed by atoms with Crippen LogP contribution >= 0.6 is 0 Å². The first-order valence-electron chi connectivity index (χ1n) is 5.86. The standard InChI is InChI=1S/C13H18N2O3/c1-3-14-13(16)7-8-18-12-6-4-5-11(9-12)10(2)15-17/h4-6,9,17H,3,7-8H2,1-2H3,(H,14,16)/b15-10+. The van der Waals surface area contributed by atoms with Crippen molar-refractivity contribution in [1.82, 2.24) is 5.32 Å². The second kappa shape index (κ2) is 7.32. The van der Waals surface area contributed by atoms with Gasteiger partial charge >= 0.3 is 0 Å². The lowest BCUT2D eigenvalue weighted by atomic mass is 10.1. The maximum Gasteiger partial charge on any atom is 0.223 e. The van der Waals surface area contributed by atoms with E-state index >= 15 is 0 Å². The Balaban J connectivity index is 2.50. The molecular formula is C13H18N2O3. The van der Waals surface area contributed by atoms with Crippen LogP contribution in [0.5, 0.6) is 5.75 Å². The minimum Gasteiger partial charge on any atom is -0.493 e. The number of nitrogens with one attached hydrogen (secondary N) is 1. The van der Waals surface area contributed by atoms with Crippen molar-refractivity contribution in [3.05, 3.63) is 29.8 Å². The molecular weight excluding hydrogens is 232 g/mol. The van der Waals surface area contributed by atoms with Gasteiger partial charge < -0.3 is 15.3 Å². The number of carbonyl (C=O) groups excluding carboxylic acids is 1. The molecule has 0 atom stereocenters. The molecule has 0 radical (unpaired) electrons. The SMILES string of the molecule is CCNC(=O)CCOc1cccc(/C(C)=N/O)c1. The monoisotopic (exact) mass is 250 g/mol. The van der Waals surface area contributed by atoms with Crippen LogP contribution < -0.4 is 10.1 Å². The fraction of sp³-hybridized carbons (Fsp3) is 0.385. The molecule has 0 bridgehead atoms. The average molecular weight is 250 g/mol. The molecule has 0 fully saturated rings. The lowest BCUT2D eigenvalue weighted by Crippen LogP contribution is -2.24. The number of hydrogen-bond donors (Lipinski definition) is 2. The summed E-state index contributed by atoms with van der Waals surface area (Å²) in [5, 5.41) is 14.5. The number of ether oxygens (including phenoxy) is 1. The van der Waals surface area contributed by atoms with Gasteiger partial charge in [-0.3, -0.25) is 4.79 Å². The van der Waals surface area contributed by atoms with Gasteiger partial charge in [0.1, 0.15) is 5.75 Å². The van der Waals surface area contributed by atoms with E-state index in [2.05, 4.69) is 10.5 Å². The molecule has 0 unspecified atom stereocenters. The van der Waals surface area contributed by atoms with Gasteiger partial charge in [0.2, 0.25) is 5.91 Å².